The van der Waals surface area contributed by atoms with Crippen molar-refractivity contribution in [2.45, 2.75) is 18.9 Å². The van der Waals surface area contributed by atoms with E-state index >= 15 is 0 Å². The number of halogens is 2. The van der Waals surface area contributed by atoms with Crippen LogP contribution in [0.5, 0.6) is 0 Å². The predicted molar refractivity (Wildman–Crippen MR) is 107 cm³/mol. The summed E-state index contributed by atoms with van der Waals surface area (Å²) in [4.78, 5) is 31.8. The maximum Gasteiger partial charge on any atom is 0.305 e. The summed E-state index contributed by atoms with van der Waals surface area (Å²) in [6.45, 7) is 0.136. The summed E-state index contributed by atoms with van der Waals surface area (Å²) in [5.41, 5.74) is 7.46. The van der Waals surface area contributed by atoms with Crippen molar-refractivity contribution in [3.8, 4) is 0 Å². The zero-order valence-corrected chi connectivity index (χ0v) is 16.1. The number of rotatable bonds is 8. The molecule has 3 aromatic rings. The molecule has 4 N–H and O–H groups in total. The molecule has 3 rings (SSSR count). The molecule has 2 aromatic heterocycles. The van der Waals surface area contributed by atoms with E-state index in [2.05, 4.69) is 15.3 Å². The molecule has 0 fully saturated rings. The van der Waals surface area contributed by atoms with E-state index < -0.39 is 17.9 Å². The molecular formula is C18H17Cl2N5O3. The number of aliphatic carboxylic acids is 1. The van der Waals surface area contributed by atoms with E-state index in [0.717, 1.165) is 5.56 Å². The molecule has 0 aliphatic rings. The SMILES string of the molecule is NC(=O)C(Cc1ccc(Cl)c(Cl)c1)n1c(NCCC(=O)O)nc2cccnc21. The lowest BCUT2D eigenvalue weighted by atomic mass is 10.1. The number of nitrogens with zero attached hydrogens (tertiary/aromatic N) is 3. The first-order valence-electron chi connectivity index (χ1n) is 8.38. The van der Waals surface area contributed by atoms with Gasteiger partial charge in [-0.2, -0.15) is 0 Å². The van der Waals surface area contributed by atoms with Crippen molar-refractivity contribution in [2.75, 3.05) is 11.9 Å². The van der Waals surface area contributed by atoms with Crippen molar-refractivity contribution in [2.24, 2.45) is 5.73 Å². The average molecular weight is 422 g/mol. The van der Waals surface area contributed by atoms with Gasteiger partial charge in [0.25, 0.3) is 0 Å². The van der Waals surface area contributed by atoms with Gasteiger partial charge < -0.3 is 16.2 Å². The standard InChI is InChI=1S/C18H17Cl2N5O3/c19-11-4-3-10(8-12(11)20)9-14(16(21)28)25-17-13(2-1-6-22-17)24-18(25)23-7-5-15(26)27/h1-4,6,8,14H,5,7,9H2,(H2,21,28)(H,23,24)(H,26,27). The molecule has 28 heavy (non-hydrogen) atoms. The minimum Gasteiger partial charge on any atom is -0.481 e. The van der Waals surface area contributed by atoms with Crippen LogP contribution in [0.15, 0.2) is 36.5 Å². The maximum absolute atomic E-state index is 12.3. The number of carbonyl (C=O) groups is 2. The first-order chi connectivity index (χ1) is 13.4. The van der Waals surface area contributed by atoms with Gasteiger partial charge in [0.1, 0.15) is 11.6 Å². The molecule has 1 atom stereocenters. The van der Waals surface area contributed by atoms with E-state index in [1.165, 1.54) is 0 Å². The number of fused-ring (bicyclic) bond motifs is 1. The Bertz CT molecular complexity index is 1040. The summed E-state index contributed by atoms with van der Waals surface area (Å²) in [7, 11) is 0. The molecule has 0 aliphatic heterocycles. The molecule has 0 bridgehead atoms. The summed E-state index contributed by atoms with van der Waals surface area (Å²) in [6, 6.07) is 7.73. The first kappa shape index (κ1) is 19.9. The highest BCUT2D eigenvalue weighted by Gasteiger charge is 2.25. The van der Waals surface area contributed by atoms with Gasteiger partial charge in [-0.3, -0.25) is 14.2 Å². The summed E-state index contributed by atoms with van der Waals surface area (Å²) in [5, 5.41) is 12.6. The van der Waals surface area contributed by atoms with Crippen LogP contribution < -0.4 is 11.1 Å². The Morgan fingerprint density at radius 1 is 1.25 bits per heavy atom. The number of nitrogens with two attached hydrogens (primary N) is 1. The van der Waals surface area contributed by atoms with Gasteiger partial charge in [-0.1, -0.05) is 29.3 Å². The predicted octanol–water partition coefficient (Wildman–Crippen LogP) is 2.89. The van der Waals surface area contributed by atoms with Crippen molar-refractivity contribution >= 4 is 52.2 Å². The number of carboxylic acid groups (broad SMARTS) is 1. The third-order valence-electron chi connectivity index (χ3n) is 4.12. The highest BCUT2D eigenvalue weighted by Crippen LogP contribution is 2.28. The highest BCUT2D eigenvalue weighted by molar-refractivity contribution is 6.42. The number of hydrogen-bond donors (Lipinski definition) is 3. The molecule has 1 aromatic carbocycles. The number of aromatic nitrogens is 3. The van der Waals surface area contributed by atoms with Crippen molar-refractivity contribution in [1.82, 2.24) is 14.5 Å². The van der Waals surface area contributed by atoms with Crippen LogP contribution in [0.2, 0.25) is 10.0 Å². The van der Waals surface area contributed by atoms with E-state index in [4.69, 9.17) is 34.0 Å². The second-order valence-electron chi connectivity index (χ2n) is 6.09. The van der Waals surface area contributed by atoms with E-state index in [1.54, 1.807) is 41.1 Å². The number of carbonyl (C=O) groups excluding carboxylic acids is 1. The zero-order valence-electron chi connectivity index (χ0n) is 14.6. The fourth-order valence-corrected chi connectivity index (χ4v) is 3.16. The minimum atomic E-state index is -0.949. The summed E-state index contributed by atoms with van der Waals surface area (Å²) < 4.78 is 1.59. The Morgan fingerprint density at radius 3 is 2.71 bits per heavy atom. The van der Waals surface area contributed by atoms with Gasteiger partial charge in [-0.05, 0) is 29.8 Å². The lowest BCUT2D eigenvalue weighted by molar-refractivity contribution is -0.136. The van der Waals surface area contributed by atoms with Gasteiger partial charge in [0.2, 0.25) is 11.9 Å². The fraction of sp³-hybridized carbons (Fsp3) is 0.222. The van der Waals surface area contributed by atoms with Crippen LogP contribution in [0, 0.1) is 0 Å². The van der Waals surface area contributed by atoms with Crippen molar-refractivity contribution in [3.05, 3.63) is 52.1 Å². The quantitative estimate of drug-likeness (QED) is 0.513. The van der Waals surface area contributed by atoms with Crippen LogP contribution in [0.3, 0.4) is 0 Å². The third kappa shape index (κ3) is 4.35. The Morgan fingerprint density at radius 2 is 2.04 bits per heavy atom. The Balaban J connectivity index is 2.01. The number of amides is 1. The smallest absolute Gasteiger partial charge is 0.305 e. The van der Waals surface area contributed by atoms with Crippen molar-refractivity contribution in [3.63, 3.8) is 0 Å². The number of nitrogens with one attached hydrogen (secondary N) is 1. The van der Waals surface area contributed by atoms with E-state index in [1.807, 2.05) is 0 Å². The van der Waals surface area contributed by atoms with E-state index in [0.29, 0.717) is 27.2 Å². The number of pyridine rings is 1. The van der Waals surface area contributed by atoms with Gasteiger partial charge in [0, 0.05) is 19.2 Å². The molecule has 0 aliphatic carbocycles. The van der Waals surface area contributed by atoms with Crippen LogP contribution >= 0.6 is 23.2 Å². The van der Waals surface area contributed by atoms with Gasteiger partial charge in [-0.25, -0.2) is 9.97 Å². The molecule has 1 amide bonds. The Hall–Kier alpha value is -2.84. The Kier molecular flexibility index (Phi) is 6.01. The fourth-order valence-electron chi connectivity index (χ4n) is 2.84. The first-order valence-corrected chi connectivity index (χ1v) is 9.14. The van der Waals surface area contributed by atoms with Crippen LogP contribution in [-0.2, 0) is 16.0 Å². The normalized spacial score (nSPS) is 12.1. The number of imidazole rings is 1. The van der Waals surface area contributed by atoms with E-state index in [-0.39, 0.29) is 19.4 Å². The van der Waals surface area contributed by atoms with Crippen molar-refractivity contribution < 1.29 is 14.7 Å². The van der Waals surface area contributed by atoms with Crippen LogP contribution in [-0.4, -0.2) is 38.1 Å². The van der Waals surface area contributed by atoms with Crippen LogP contribution in [0.25, 0.3) is 11.2 Å². The second kappa shape index (κ2) is 8.45. The van der Waals surface area contributed by atoms with Crippen molar-refractivity contribution in [1.29, 1.82) is 0 Å². The number of hydrogen-bond acceptors (Lipinski definition) is 5. The highest BCUT2D eigenvalue weighted by atomic mass is 35.5. The number of anilines is 1. The molecule has 0 radical (unpaired) electrons. The van der Waals surface area contributed by atoms with Gasteiger partial charge >= 0.3 is 5.97 Å². The second-order valence-corrected chi connectivity index (χ2v) is 6.91. The zero-order chi connectivity index (χ0) is 20.3. The topological polar surface area (TPSA) is 123 Å². The minimum absolute atomic E-state index is 0.106. The third-order valence-corrected chi connectivity index (χ3v) is 4.86. The molecular weight excluding hydrogens is 405 g/mol. The number of carboxylic acids is 1. The molecule has 0 saturated carbocycles. The molecule has 2 heterocycles. The lowest BCUT2D eigenvalue weighted by Gasteiger charge is -2.19. The van der Waals surface area contributed by atoms with Crippen LogP contribution in [0.4, 0.5) is 5.95 Å². The van der Waals surface area contributed by atoms with Gasteiger partial charge in [0.15, 0.2) is 5.65 Å². The summed E-state index contributed by atoms with van der Waals surface area (Å²) in [6.07, 6.45) is 1.71. The molecule has 10 heteroatoms. The van der Waals surface area contributed by atoms with E-state index in [9.17, 15) is 9.59 Å². The molecule has 1 unspecified atom stereocenters. The summed E-state index contributed by atoms with van der Waals surface area (Å²) in [5.74, 6) is -1.22. The molecule has 146 valence electrons. The molecule has 8 nitrogen and oxygen atoms in total. The Labute approximate surface area is 170 Å². The van der Waals surface area contributed by atoms with Gasteiger partial charge in [0.05, 0.1) is 16.5 Å². The largest absolute Gasteiger partial charge is 0.481 e. The molecule has 0 spiro atoms. The monoisotopic (exact) mass is 421 g/mol. The average Bonchev–Trinajstić information content (AvgIpc) is 3.00. The van der Waals surface area contributed by atoms with Crippen LogP contribution in [0.1, 0.15) is 18.0 Å². The molecule has 0 saturated heterocycles. The summed E-state index contributed by atoms with van der Waals surface area (Å²) >= 11 is 12.0. The number of benzene rings is 1. The van der Waals surface area contributed by atoms with Gasteiger partial charge in [-0.15, -0.1) is 0 Å². The maximum atomic E-state index is 12.3. The number of primary amides is 1. The lowest BCUT2D eigenvalue weighted by Crippen LogP contribution is -2.29.